The summed E-state index contributed by atoms with van der Waals surface area (Å²) in [6, 6.07) is 10.8. The number of fused-ring (bicyclic) bond motifs is 2. The number of benzene rings is 2. The van der Waals surface area contributed by atoms with E-state index in [0.29, 0.717) is 6.42 Å². The molecule has 5 nitrogen and oxygen atoms in total. The summed E-state index contributed by atoms with van der Waals surface area (Å²) in [5.41, 5.74) is 6.43. The van der Waals surface area contributed by atoms with Crippen LogP contribution in [0.1, 0.15) is 25.8 Å². The van der Waals surface area contributed by atoms with E-state index in [9.17, 15) is 4.79 Å². The van der Waals surface area contributed by atoms with Crippen LogP contribution in [0.25, 0.3) is 22.0 Å². The first-order valence-electron chi connectivity index (χ1n) is 8.70. The Morgan fingerprint density at radius 3 is 2.92 bits per heavy atom. The molecule has 0 saturated carbocycles. The molecule has 128 valence electrons. The first kappa shape index (κ1) is 15.7. The molecule has 2 N–H and O–H groups in total. The van der Waals surface area contributed by atoms with Crippen molar-refractivity contribution in [3.63, 3.8) is 0 Å². The van der Waals surface area contributed by atoms with Gasteiger partial charge < -0.3 is 10.6 Å². The highest BCUT2D eigenvalue weighted by molar-refractivity contribution is 6.01. The number of rotatable bonds is 2. The number of carbonyl (C=O) groups is 1. The standard InChI is InChI=1S/C20H22N4O/c1-4-13-8-16(14-5-6-18-15(10-14)11-21-24(18)3)20-17(9-13)23-19(25)7-12(2)22-20/h5-6,8-12,22H,4,7H2,1-3H3,(H,23,25). The molecule has 4 rings (SSSR count). The molecule has 0 saturated heterocycles. The van der Waals surface area contributed by atoms with Crippen LogP contribution < -0.4 is 10.6 Å². The van der Waals surface area contributed by atoms with E-state index in [2.05, 4.69) is 53.0 Å². The number of anilines is 2. The van der Waals surface area contributed by atoms with Crippen molar-refractivity contribution in [1.29, 1.82) is 0 Å². The third kappa shape index (κ3) is 2.76. The predicted molar refractivity (Wildman–Crippen MR) is 102 cm³/mol. The molecule has 1 unspecified atom stereocenters. The van der Waals surface area contributed by atoms with Crippen molar-refractivity contribution in [2.24, 2.45) is 7.05 Å². The zero-order valence-electron chi connectivity index (χ0n) is 14.8. The molecule has 0 bridgehead atoms. The molecule has 0 spiro atoms. The average molecular weight is 334 g/mol. The molecule has 0 radical (unpaired) electrons. The Balaban J connectivity index is 1.92. The van der Waals surface area contributed by atoms with Crippen molar-refractivity contribution < 1.29 is 4.79 Å². The highest BCUT2D eigenvalue weighted by Crippen LogP contribution is 2.39. The quantitative estimate of drug-likeness (QED) is 0.746. The van der Waals surface area contributed by atoms with Gasteiger partial charge in [-0.05, 0) is 48.7 Å². The summed E-state index contributed by atoms with van der Waals surface area (Å²) >= 11 is 0. The number of amides is 1. The van der Waals surface area contributed by atoms with Crippen LogP contribution in [0.2, 0.25) is 0 Å². The SMILES string of the molecule is CCc1cc2c(c(-c3ccc4c(cnn4C)c3)c1)NC(C)CC(=O)N2. The molecule has 2 heterocycles. The summed E-state index contributed by atoms with van der Waals surface area (Å²) < 4.78 is 1.88. The van der Waals surface area contributed by atoms with Crippen molar-refractivity contribution in [1.82, 2.24) is 9.78 Å². The van der Waals surface area contributed by atoms with Crippen LogP contribution in [0.4, 0.5) is 11.4 Å². The monoisotopic (exact) mass is 334 g/mol. The molecular weight excluding hydrogens is 312 g/mol. The van der Waals surface area contributed by atoms with E-state index in [1.54, 1.807) is 0 Å². The smallest absolute Gasteiger partial charge is 0.226 e. The van der Waals surface area contributed by atoms with Gasteiger partial charge in [0.2, 0.25) is 5.91 Å². The number of hydrogen-bond donors (Lipinski definition) is 2. The highest BCUT2D eigenvalue weighted by Gasteiger charge is 2.21. The fourth-order valence-electron chi connectivity index (χ4n) is 3.50. The normalized spacial score (nSPS) is 16.9. The maximum absolute atomic E-state index is 12.1. The maximum Gasteiger partial charge on any atom is 0.226 e. The Morgan fingerprint density at radius 1 is 1.28 bits per heavy atom. The van der Waals surface area contributed by atoms with Gasteiger partial charge in [0, 0.05) is 30.5 Å². The van der Waals surface area contributed by atoms with Crippen LogP contribution in [0.3, 0.4) is 0 Å². The minimum Gasteiger partial charge on any atom is -0.380 e. The number of nitrogens with one attached hydrogen (secondary N) is 2. The maximum atomic E-state index is 12.1. The minimum absolute atomic E-state index is 0.0562. The number of nitrogens with zero attached hydrogens (tertiary/aromatic N) is 2. The molecule has 1 atom stereocenters. The molecule has 0 fully saturated rings. The molecule has 2 aromatic carbocycles. The van der Waals surface area contributed by atoms with Crippen molar-refractivity contribution in [2.75, 3.05) is 10.6 Å². The van der Waals surface area contributed by atoms with Crippen LogP contribution in [0.5, 0.6) is 0 Å². The Hall–Kier alpha value is -2.82. The predicted octanol–water partition coefficient (Wildman–Crippen LogP) is 3.95. The summed E-state index contributed by atoms with van der Waals surface area (Å²) in [6.45, 7) is 4.17. The largest absolute Gasteiger partial charge is 0.380 e. The third-order valence-corrected chi connectivity index (χ3v) is 4.82. The Kier molecular flexibility index (Phi) is 3.71. The first-order chi connectivity index (χ1) is 12.0. The van der Waals surface area contributed by atoms with Crippen molar-refractivity contribution in [3.8, 4) is 11.1 Å². The van der Waals surface area contributed by atoms with E-state index < -0.39 is 0 Å². The van der Waals surface area contributed by atoms with Gasteiger partial charge in [-0.3, -0.25) is 9.48 Å². The summed E-state index contributed by atoms with van der Waals surface area (Å²) in [6.07, 6.45) is 3.27. The van der Waals surface area contributed by atoms with E-state index in [1.807, 2.05) is 24.9 Å². The number of aromatic nitrogens is 2. The molecule has 0 aliphatic carbocycles. The first-order valence-corrected chi connectivity index (χ1v) is 8.70. The highest BCUT2D eigenvalue weighted by atomic mass is 16.1. The molecule has 5 heteroatoms. The molecule has 25 heavy (non-hydrogen) atoms. The molecule has 3 aromatic rings. The second-order valence-electron chi connectivity index (χ2n) is 6.76. The van der Waals surface area contributed by atoms with Gasteiger partial charge in [-0.25, -0.2) is 0 Å². The van der Waals surface area contributed by atoms with E-state index in [0.717, 1.165) is 39.8 Å². The average Bonchev–Trinajstić information content (AvgIpc) is 2.88. The molecular formula is C20H22N4O. The lowest BCUT2D eigenvalue weighted by molar-refractivity contribution is -0.116. The second-order valence-corrected chi connectivity index (χ2v) is 6.76. The number of aryl methyl sites for hydroxylation is 2. The molecule has 1 amide bonds. The summed E-state index contributed by atoms with van der Waals surface area (Å²) in [7, 11) is 1.95. The third-order valence-electron chi connectivity index (χ3n) is 4.82. The van der Waals surface area contributed by atoms with Crippen LogP contribution in [-0.4, -0.2) is 21.7 Å². The van der Waals surface area contributed by atoms with Crippen molar-refractivity contribution >= 4 is 28.2 Å². The van der Waals surface area contributed by atoms with Crippen LogP contribution in [0, 0.1) is 0 Å². The van der Waals surface area contributed by atoms with Gasteiger partial charge in [-0.1, -0.05) is 13.0 Å². The minimum atomic E-state index is 0.0562. The van der Waals surface area contributed by atoms with Gasteiger partial charge in [0.15, 0.2) is 0 Å². The van der Waals surface area contributed by atoms with Crippen molar-refractivity contribution in [3.05, 3.63) is 42.1 Å². The molecule has 1 aromatic heterocycles. The fraction of sp³-hybridized carbons (Fsp3) is 0.300. The lowest BCUT2D eigenvalue weighted by Crippen LogP contribution is -2.19. The lowest BCUT2D eigenvalue weighted by Gasteiger charge is -2.18. The Morgan fingerprint density at radius 2 is 2.12 bits per heavy atom. The molecule has 1 aliphatic rings. The van der Waals surface area contributed by atoms with Gasteiger partial charge in [0.1, 0.15) is 0 Å². The van der Waals surface area contributed by atoms with E-state index in [4.69, 9.17) is 0 Å². The number of carbonyl (C=O) groups excluding carboxylic acids is 1. The second kappa shape index (κ2) is 5.92. The van der Waals surface area contributed by atoms with Gasteiger partial charge in [-0.2, -0.15) is 5.10 Å². The van der Waals surface area contributed by atoms with Crippen LogP contribution in [-0.2, 0) is 18.3 Å². The lowest BCUT2D eigenvalue weighted by atomic mass is 9.97. The zero-order valence-corrected chi connectivity index (χ0v) is 14.8. The van der Waals surface area contributed by atoms with Crippen molar-refractivity contribution in [2.45, 2.75) is 32.7 Å². The van der Waals surface area contributed by atoms with Gasteiger partial charge in [-0.15, -0.1) is 0 Å². The molecule has 1 aliphatic heterocycles. The van der Waals surface area contributed by atoms with Gasteiger partial charge in [0.05, 0.1) is 23.1 Å². The zero-order chi connectivity index (χ0) is 17.6. The summed E-state index contributed by atoms with van der Waals surface area (Å²) in [5, 5.41) is 12.0. The van der Waals surface area contributed by atoms with Crippen LogP contribution >= 0.6 is 0 Å². The Labute approximate surface area is 147 Å². The van der Waals surface area contributed by atoms with E-state index in [1.165, 1.54) is 5.56 Å². The van der Waals surface area contributed by atoms with E-state index >= 15 is 0 Å². The number of hydrogen-bond acceptors (Lipinski definition) is 3. The van der Waals surface area contributed by atoms with E-state index in [-0.39, 0.29) is 11.9 Å². The fourth-order valence-corrected chi connectivity index (χ4v) is 3.50. The van der Waals surface area contributed by atoms with Crippen LogP contribution in [0.15, 0.2) is 36.5 Å². The summed E-state index contributed by atoms with van der Waals surface area (Å²) in [5.74, 6) is 0.0562. The topological polar surface area (TPSA) is 59.0 Å². The van der Waals surface area contributed by atoms with Gasteiger partial charge >= 0.3 is 0 Å². The summed E-state index contributed by atoms with van der Waals surface area (Å²) in [4.78, 5) is 12.1. The van der Waals surface area contributed by atoms with Gasteiger partial charge in [0.25, 0.3) is 0 Å². The Bertz CT molecular complexity index is 973.